The molecule has 8 heteroatoms. The summed E-state index contributed by atoms with van der Waals surface area (Å²) in [6, 6.07) is 7.51. The molecule has 3 amide bonds. The van der Waals surface area contributed by atoms with Crippen molar-refractivity contribution in [3.8, 4) is 0 Å². The zero-order chi connectivity index (χ0) is 23.4. The number of hydrogen-bond acceptors (Lipinski definition) is 5. The molecule has 3 aliphatic heterocycles. The van der Waals surface area contributed by atoms with Crippen LogP contribution in [-0.4, -0.2) is 63.7 Å². The van der Waals surface area contributed by atoms with Crippen LogP contribution in [0.2, 0.25) is 0 Å². The number of likely N-dealkylation sites (tertiary alicyclic amines) is 1. The number of anilines is 1. The lowest BCUT2D eigenvalue weighted by Crippen LogP contribution is -2.58. The second-order valence-electron chi connectivity index (χ2n) is 10.00. The van der Waals surface area contributed by atoms with Crippen LogP contribution in [-0.2, 0) is 19.1 Å². The molecule has 1 aromatic carbocycles. The smallest absolute Gasteiger partial charge is 0.246 e. The zero-order valence-corrected chi connectivity index (χ0v) is 19.3. The second-order valence-corrected chi connectivity index (χ2v) is 10.00. The molecule has 0 radical (unpaired) electrons. The Balaban J connectivity index is 1.77. The summed E-state index contributed by atoms with van der Waals surface area (Å²) < 4.78 is 6.60. The van der Waals surface area contributed by atoms with Gasteiger partial charge in [-0.2, -0.15) is 0 Å². The van der Waals surface area contributed by atoms with Crippen molar-refractivity contribution in [2.45, 2.75) is 70.4 Å². The minimum Gasteiger partial charge on any atom is -0.394 e. The lowest BCUT2D eigenvalue weighted by molar-refractivity contribution is -0.149. The van der Waals surface area contributed by atoms with E-state index in [1.165, 1.54) is 4.90 Å². The molecule has 3 unspecified atom stereocenters. The first-order valence-corrected chi connectivity index (χ1v) is 11.4. The van der Waals surface area contributed by atoms with Crippen molar-refractivity contribution in [2.24, 2.45) is 17.8 Å². The van der Waals surface area contributed by atoms with Crippen molar-refractivity contribution < 1.29 is 24.2 Å². The molecule has 1 spiro atoms. The number of carbonyl (C=O) groups is 3. The number of fused-ring (bicyclic) bond motifs is 1. The maximum absolute atomic E-state index is 13.8. The van der Waals surface area contributed by atoms with E-state index >= 15 is 0 Å². The fourth-order valence-corrected chi connectivity index (χ4v) is 6.04. The highest BCUT2D eigenvalue weighted by Gasteiger charge is 2.80. The number of ether oxygens (including phenoxy) is 1. The molecular weight excluding hydrogens is 410 g/mol. The summed E-state index contributed by atoms with van der Waals surface area (Å²) in [5.74, 6) is -2.46. The number of hydrogen-bond donors (Lipinski definition) is 3. The van der Waals surface area contributed by atoms with Gasteiger partial charge in [0.15, 0.2) is 0 Å². The molecule has 174 valence electrons. The monoisotopic (exact) mass is 443 g/mol. The SMILES string of the molecule is CC(C)NC(=O)C1N([C@H](C)CO)C(=O)[C@@H]2[C@@H](C(=O)Nc3ccccc3)[C@]3(C)OC12CC3C. The maximum atomic E-state index is 13.8. The summed E-state index contributed by atoms with van der Waals surface area (Å²) in [7, 11) is 0. The summed E-state index contributed by atoms with van der Waals surface area (Å²) in [4.78, 5) is 42.1. The Hall–Kier alpha value is -2.45. The van der Waals surface area contributed by atoms with Gasteiger partial charge in [-0.3, -0.25) is 14.4 Å². The maximum Gasteiger partial charge on any atom is 0.246 e. The molecule has 3 fully saturated rings. The highest BCUT2D eigenvalue weighted by atomic mass is 16.5. The van der Waals surface area contributed by atoms with Crippen molar-refractivity contribution in [1.82, 2.24) is 10.2 Å². The van der Waals surface area contributed by atoms with Gasteiger partial charge in [0, 0.05) is 11.7 Å². The van der Waals surface area contributed by atoms with Crippen LogP contribution in [0.1, 0.15) is 41.0 Å². The number of rotatable bonds is 6. The van der Waals surface area contributed by atoms with E-state index in [0.717, 1.165) is 0 Å². The number of amides is 3. The lowest BCUT2D eigenvalue weighted by Gasteiger charge is -2.36. The molecule has 0 aromatic heterocycles. The van der Waals surface area contributed by atoms with Gasteiger partial charge < -0.3 is 25.4 Å². The average molecular weight is 444 g/mol. The Morgan fingerprint density at radius 2 is 1.88 bits per heavy atom. The fourth-order valence-electron chi connectivity index (χ4n) is 6.04. The van der Waals surface area contributed by atoms with E-state index in [0.29, 0.717) is 12.1 Å². The zero-order valence-electron chi connectivity index (χ0n) is 19.3. The van der Waals surface area contributed by atoms with Gasteiger partial charge in [-0.05, 0) is 52.2 Å². The van der Waals surface area contributed by atoms with Crippen LogP contribution < -0.4 is 10.6 Å². The molecule has 0 aliphatic carbocycles. The predicted molar refractivity (Wildman–Crippen MR) is 119 cm³/mol. The summed E-state index contributed by atoms with van der Waals surface area (Å²) in [5.41, 5.74) is -1.33. The molecule has 3 heterocycles. The van der Waals surface area contributed by atoms with Crippen LogP contribution in [0.3, 0.4) is 0 Å². The second kappa shape index (κ2) is 7.85. The molecule has 32 heavy (non-hydrogen) atoms. The third-order valence-corrected chi connectivity index (χ3v) is 7.49. The van der Waals surface area contributed by atoms with Gasteiger partial charge in [0.2, 0.25) is 17.7 Å². The lowest BCUT2D eigenvalue weighted by atomic mass is 9.62. The van der Waals surface area contributed by atoms with Gasteiger partial charge in [-0.15, -0.1) is 0 Å². The van der Waals surface area contributed by atoms with Gasteiger partial charge in [-0.1, -0.05) is 25.1 Å². The first kappa shape index (κ1) is 22.7. The average Bonchev–Trinajstić information content (AvgIpc) is 3.24. The summed E-state index contributed by atoms with van der Waals surface area (Å²) >= 11 is 0. The van der Waals surface area contributed by atoms with Crippen molar-refractivity contribution in [3.05, 3.63) is 30.3 Å². The summed E-state index contributed by atoms with van der Waals surface area (Å²) in [5, 5.41) is 15.7. The van der Waals surface area contributed by atoms with Crippen LogP contribution in [0.5, 0.6) is 0 Å². The van der Waals surface area contributed by atoms with Crippen LogP contribution >= 0.6 is 0 Å². The molecule has 3 saturated heterocycles. The van der Waals surface area contributed by atoms with Gasteiger partial charge in [0.25, 0.3) is 0 Å². The van der Waals surface area contributed by atoms with Crippen LogP contribution in [0.15, 0.2) is 30.3 Å². The molecule has 3 aliphatic rings. The van der Waals surface area contributed by atoms with Crippen LogP contribution in [0.25, 0.3) is 0 Å². The standard InChI is InChI=1S/C24H33N3O5/c1-13(2)25-21(30)19-24-11-14(3)23(5,32-24)17(18(24)22(31)27(19)15(4)12-28)20(29)26-16-9-7-6-8-10-16/h6-10,13-15,17-19,28H,11-12H2,1-5H3,(H,25,30)(H,26,29)/t14?,15-,17+,18+,19?,23-,24?/m1/s1. The molecule has 3 N–H and O–H groups in total. The molecule has 2 bridgehead atoms. The van der Waals surface area contributed by atoms with Gasteiger partial charge in [-0.25, -0.2) is 0 Å². The normalized spacial score (nSPS) is 36.3. The molecule has 0 saturated carbocycles. The fraction of sp³-hybridized carbons (Fsp3) is 0.625. The third-order valence-electron chi connectivity index (χ3n) is 7.49. The van der Waals surface area contributed by atoms with Gasteiger partial charge in [0.05, 0.1) is 30.1 Å². The van der Waals surface area contributed by atoms with Crippen molar-refractivity contribution in [1.29, 1.82) is 0 Å². The van der Waals surface area contributed by atoms with E-state index < -0.39 is 35.1 Å². The van der Waals surface area contributed by atoms with Crippen molar-refractivity contribution in [3.63, 3.8) is 0 Å². The minimum absolute atomic E-state index is 0.0307. The van der Waals surface area contributed by atoms with E-state index in [2.05, 4.69) is 10.6 Å². The number of nitrogens with zero attached hydrogens (tertiary/aromatic N) is 1. The van der Waals surface area contributed by atoms with E-state index in [1.54, 1.807) is 19.1 Å². The Bertz CT molecular complexity index is 921. The van der Waals surface area contributed by atoms with Crippen LogP contribution in [0, 0.1) is 17.8 Å². The van der Waals surface area contributed by atoms with Crippen molar-refractivity contribution in [2.75, 3.05) is 11.9 Å². The predicted octanol–water partition coefficient (Wildman–Crippen LogP) is 1.54. The summed E-state index contributed by atoms with van der Waals surface area (Å²) in [6.07, 6.45) is 0.500. The third kappa shape index (κ3) is 3.15. The van der Waals surface area contributed by atoms with E-state index in [4.69, 9.17) is 4.74 Å². The molecule has 8 nitrogen and oxygen atoms in total. The quantitative estimate of drug-likeness (QED) is 0.618. The molecule has 4 rings (SSSR count). The van der Waals surface area contributed by atoms with Gasteiger partial charge in [0.1, 0.15) is 11.6 Å². The number of carbonyl (C=O) groups excluding carboxylic acids is 3. The Kier molecular flexibility index (Phi) is 5.57. The molecular formula is C24H33N3O5. The Morgan fingerprint density at radius 3 is 2.47 bits per heavy atom. The first-order chi connectivity index (χ1) is 15.1. The van der Waals surface area contributed by atoms with E-state index in [1.807, 2.05) is 45.9 Å². The molecule has 1 aromatic rings. The molecule has 7 atom stereocenters. The number of benzene rings is 1. The Morgan fingerprint density at radius 1 is 1.22 bits per heavy atom. The van der Waals surface area contributed by atoms with E-state index in [9.17, 15) is 19.5 Å². The number of nitrogens with one attached hydrogen (secondary N) is 2. The van der Waals surface area contributed by atoms with Crippen molar-refractivity contribution >= 4 is 23.4 Å². The minimum atomic E-state index is -1.10. The largest absolute Gasteiger partial charge is 0.394 e. The number of para-hydroxylation sites is 1. The topological polar surface area (TPSA) is 108 Å². The highest BCUT2D eigenvalue weighted by Crippen LogP contribution is 2.65. The van der Waals surface area contributed by atoms with Crippen LogP contribution in [0.4, 0.5) is 5.69 Å². The van der Waals surface area contributed by atoms with E-state index in [-0.39, 0.29) is 36.3 Å². The van der Waals surface area contributed by atoms with Gasteiger partial charge >= 0.3 is 0 Å². The Labute approximate surface area is 188 Å². The summed E-state index contributed by atoms with van der Waals surface area (Å²) in [6.45, 7) is 9.03. The number of aliphatic hydroxyl groups is 1. The first-order valence-electron chi connectivity index (χ1n) is 11.4. The highest BCUT2D eigenvalue weighted by molar-refractivity contribution is 6.02. The number of aliphatic hydroxyl groups excluding tert-OH is 1.